The van der Waals surface area contributed by atoms with Crippen LogP contribution in [0.2, 0.25) is 25.7 Å². The van der Waals surface area contributed by atoms with Crippen LogP contribution in [0.25, 0.3) is 0 Å². The molecular weight excluding hydrogens is 300 g/mol. The zero-order chi connectivity index (χ0) is 16.2. The van der Waals surface area contributed by atoms with Gasteiger partial charge in [0.15, 0.2) is 0 Å². The molecule has 0 aromatic carbocycles. The molecule has 7 heteroatoms. The van der Waals surface area contributed by atoms with E-state index < -0.39 is 8.07 Å². The van der Waals surface area contributed by atoms with Gasteiger partial charge in [0.1, 0.15) is 12.8 Å². The van der Waals surface area contributed by atoms with Crippen LogP contribution in [0.5, 0.6) is 0 Å². The van der Waals surface area contributed by atoms with Gasteiger partial charge in [0, 0.05) is 27.5 Å². The second kappa shape index (κ2) is 7.39. The lowest BCUT2D eigenvalue weighted by Gasteiger charge is -2.15. The molecular formula is C15H26N2O4Si. The molecule has 1 aliphatic rings. The smallest absolute Gasteiger partial charge is 0.311 e. The minimum atomic E-state index is -1.06. The Kier molecular flexibility index (Phi) is 5.77. The molecule has 1 saturated heterocycles. The van der Waals surface area contributed by atoms with Crippen LogP contribution in [-0.2, 0) is 25.7 Å². The molecule has 0 N–H and O–H groups in total. The van der Waals surface area contributed by atoms with E-state index in [2.05, 4.69) is 24.7 Å². The van der Waals surface area contributed by atoms with Crippen LogP contribution in [0.4, 0.5) is 0 Å². The molecule has 0 amide bonds. The third kappa shape index (κ3) is 4.66. The van der Waals surface area contributed by atoms with Gasteiger partial charge in [-0.05, 0) is 18.5 Å². The summed E-state index contributed by atoms with van der Waals surface area (Å²) >= 11 is 0. The first-order chi connectivity index (χ1) is 10.4. The van der Waals surface area contributed by atoms with Crippen molar-refractivity contribution >= 4 is 14.0 Å². The fraction of sp³-hybridized carbons (Fsp3) is 0.733. The van der Waals surface area contributed by atoms with Crippen LogP contribution in [0.1, 0.15) is 18.2 Å². The number of hydrogen-bond donors (Lipinski definition) is 0. The predicted octanol–water partition coefficient (Wildman–Crippen LogP) is 2.45. The van der Waals surface area contributed by atoms with Crippen LogP contribution in [0.15, 0.2) is 12.3 Å². The van der Waals surface area contributed by atoms with Gasteiger partial charge in [-0.15, -0.1) is 0 Å². The summed E-state index contributed by atoms with van der Waals surface area (Å²) in [4.78, 5) is 11.8. The Hall–Kier alpha value is -1.18. The summed E-state index contributed by atoms with van der Waals surface area (Å²) in [6.07, 6.45) is 2.23. The van der Waals surface area contributed by atoms with Gasteiger partial charge in [-0.1, -0.05) is 19.6 Å². The van der Waals surface area contributed by atoms with Crippen molar-refractivity contribution in [1.82, 2.24) is 9.78 Å². The van der Waals surface area contributed by atoms with E-state index in [1.165, 1.54) is 7.11 Å². The van der Waals surface area contributed by atoms with Crippen molar-refractivity contribution in [3.63, 3.8) is 0 Å². The predicted molar refractivity (Wildman–Crippen MR) is 85.1 cm³/mol. The molecule has 2 heterocycles. The summed E-state index contributed by atoms with van der Waals surface area (Å²) in [6, 6.07) is 3.02. The maximum absolute atomic E-state index is 11.8. The molecule has 6 nitrogen and oxygen atoms in total. The third-order valence-electron chi connectivity index (χ3n) is 3.77. The number of hydrogen-bond acceptors (Lipinski definition) is 5. The number of ether oxygens (including phenoxy) is 3. The zero-order valence-corrected chi connectivity index (χ0v) is 14.9. The fourth-order valence-corrected chi connectivity index (χ4v) is 3.17. The van der Waals surface area contributed by atoms with Crippen LogP contribution >= 0.6 is 0 Å². The lowest BCUT2D eigenvalue weighted by Crippen LogP contribution is -2.22. The second-order valence-corrected chi connectivity index (χ2v) is 12.5. The molecule has 0 unspecified atom stereocenters. The van der Waals surface area contributed by atoms with Gasteiger partial charge in [0.05, 0.1) is 18.7 Å². The second-order valence-electron chi connectivity index (χ2n) is 6.84. The number of carbonyl (C=O) groups excluding carboxylic acids is 1. The molecule has 0 radical (unpaired) electrons. The van der Waals surface area contributed by atoms with Gasteiger partial charge >= 0.3 is 5.97 Å². The molecule has 1 aliphatic heterocycles. The number of nitrogens with zero attached hydrogens (tertiary/aromatic N) is 2. The van der Waals surface area contributed by atoms with Crippen molar-refractivity contribution in [3.8, 4) is 0 Å². The number of carbonyl (C=O) groups is 1. The molecule has 1 fully saturated rings. The summed E-state index contributed by atoms with van der Waals surface area (Å²) in [5.74, 6) is -0.496. The van der Waals surface area contributed by atoms with Crippen molar-refractivity contribution in [1.29, 1.82) is 0 Å². The highest BCUT2D eigenvalue weighted by atomic mass is 28.3. The van der Waals surface area contributed by atoms with E-state index in [-0.39, 0.29) is 18.0 Å². The highest BCUT2D eigenvalue weighted by molar-refractivity contribution is 6.76. The van der Waals surface area contributed by atoms with Crippen LogP contribution < -0.4 is 0 Å². The monoisotopic (exact) mass is 326 g/mol. The van der Waals surface area contributed by atoms with Gasteiger partial charge < -0.3 is 14.2 Å². The van der Waals surface area contributed by atoms with Crippen LogP contribution in [0.3, 0.4) is 0 Å². The van der Waals surface area contributed by atoms with Crippen molar-refractivity contribution in [3.05, 3.63) is 18.0 Å². The standard InChI is InChI=1S/C15H26N2O4Si/c1-19-15(18)12-6-8-21-14(12)13-5-7-17(16-13)11-20-9-10-22(2,3)4/h5,7,12,14H,6,8-11H2,1-4H3/t12-,14-/m1/s1. The largest absolute Gasteiger partial charge is 0.469 e. The van der Waals surface area contributed by atoms with Gasteiger partial charge in [-0.3, -0.25) is 4.79 Å². The van der Waals surface area contributed by atoms with Gasteiger partial charge in [-0.2, -0.15) is 5.10 Å². The molecule has 0 saturated carbocycles. The molecule has 1 aromatic heterocycles. The first kappa shape index (κ1) is 17.2. The van der Waals surface area contributed by atoms with Crippen molar-refractivity contribution in [2.24, 2.45) is 5.92 Å². The molecule has 2 atom stereocenters. The Morgan fingerprint density at radius 1 is 1.50 bits per heavy atom. The molecule has 0 bridgehead atoms. The summed E-state index contributed by atoms with van der Waals surface area (Å²) < 4.78 is 17.9. The summed E-state index contributed by atoms with van der Waals surface area (Å²) in [5.41, 5.74) is 0.765. The molecule has 0 spiro atoms. The maximum Gasteiger partial charge on any atom is 0.311 e. The highest BCUT2D eigenvalue weighted by Crippen LogP contribution is 2.34. The average Bonchev–Trinajstić information content (AvgIpc) is 3.10. The number of aromatic nitrogens is 2. The Morgan fingerprint density at radius 2 is 2.27 bits per heavy atom. The summed E-state index contributed by atoms with van der Waals surface area (Å²) in [5, 5.41) is 4.46. The lowest BCUT2D eigenvalue weighted by molar-refractivity contribution is -0.147. The quantitative estimate of drug-likeness (QED) is 0.437. The number of methoxy groups -OCH3 is 1. The van der Waals surface area contributed by atoms with E-state index in [0.717, 1.165) is 18.3 Å². The van der Waals surface area contributed by atoms with E-state index in [1.54, 1.807) is 4.68 Å². The fourth-order valence-electron chi connectivity index (χ4n) is 2.41. The van der Waals surface area contributed by atoms with Crippen LogP contribution in [0, 0.1) is 5.92 Å². The van der Waals surface area contributed by atoms with Crippen molar-refractivity contribution in [2.75, 3.05) is 20.3 Å². The average molecular weight is 326 g/mol. The highest BCUT2D eigenvalue weighted by Gasteiger charge is 2.37. The Balaban J connectivity index is 1.87. The van der Waals surface area contributed by atoms with Gasteiger partial charge in [-0.25, -0.2) is 4.68 Å². The molecule has 124 valence electrons. The molecule has 1 aromatic rings. The van der Waals surface area contributed by atoms with Crippen molar-refractivity contribution < 1.29 is 19.0 Å². The SMILES string of the molecule is COC(=O)[C@@H]1CCO[C@H]1c1ccn(COCC[Si](C)(C)C)n1. The Bertz CT molecular complexity index is 498. The number of esters is 1. The third-order valence-corrected chi connectivity index (χ3v) is 5.47. The molecule has 2 rings (SSSR count). The van der Waals surface area contributed by atoms with E-state index in [9.17, 15) is 4.79 Å². The minimum absolute atomic E-state index is 0.233. The zero-order valence-electron chi connectivity index (χ0n) is 13.9. The normalized spacial score (nSPS) is 22.0. The van der Waals surface area contributed by atoms with Crippen LogP contribution in [-0.4, -0.2) is 44.1 Å². The lowest BCUT2D eigenvalue weighted by atomic mass is 9.99. The summed E-state index contributed by atoms with van der Waals surface area (Å²) in [6.45, 7) is 8.73. The van der Waals surface area contributed by atoms with Gasteiger partial charge in [0.2, 0.25) is 0 Å². The number of rotatable bonds is 7. The Morgan fingerprint density at radius 3 is 2.95 bits per heavy atom. The molecule has 0 aliphatic carbocycles. The van der Waals surface area contributed by atoms with E-state index >= 15 is 0 Å². The van der Waals surface area contributed by atoms with Crippen molar-refractivity contribution in [2.45, 2.75) is 44.9 Å². The first-order valence-corrected chi connectivity index (χ1v) is 11.4. The summed E-state index contributed by atoms with van der Waals surface area (Å²) in [7, 11) is 0.342. The van der Waals surface area contributed by atoms with E-state index in [1.807, 2.05) is 12.3 Å². The van der Waals surface area contributed by atoms with E-state index in [0.29, 0.717) is 19.8 Å². The Labute approximate surface area is 132 Å². The molecule has 22 heavy (non-hydrogen) atoms. The first-order valence-electron chi connectivity index (χ1n) is 7.71. The van der Waals surface area contributed by atoms with Gasteiger partial charge in [0.25, 0.3) is 0 Å². The maximum atomic E-state index is 11.8. The minimum Gasteiger partial charge on any atom is -0.469 e. The topological polar surface area (TPSA) is 62.6 Å². The van der Waals surface area contributed by atoms with E-state index in [4.69, 9.17) is 14.2 Å².